The van der Waals surface area contributed by atoms with Gasteiger partial charge in [-0.05, 0) is 44.1 Å². The number of amides is 2. The summed E-state index contributed by atoms with van der Waals surface area (Å²) < 4.78 is 0. The van der Waals surface area contributed by atoms with E-state index >= 15 is 0 Å². The van der Waals surface area contributed by atoms with Crippen LogP contribution in [0.2, 0.25) is 0 Å². The number of benzene rings is 1. The van der Waals surface area contributed by atoms with Crippen LogP contribution in [0.25, 0.3) is 0 Å². The van der Waals surface area contributed by atoms with Crippen molar-refractivity contribution in [1.29, 1.82) is 0 Å². The molecule has 0 radical (unpaired) electrons. The predicted molar refractivity (Wildman–Crippen MR) is 102 cm³/mol. The van der Waals surface area contributed by atoms with Crippen molar-refractivity contribution in [3.63, 3.8) is 0 Å². The Kier molecular flexibility index (Phi) is 4.89. The number of oxime groups is 1. The Morgan fingerprint density at radius 2 is 2.07 bits per heavy atom. The molecule has 1 aromatic rings. The summed E-state index contributed by atoms with van der Waals surface area (Å²) in [6, 6.07) is 8.08. The Balaban J connectivity index is 1.30. The molecular formula is C21H27N3O3. The molecule has 1 unspecified atom stereocenters. The molecule has 6 nitrogen and oxygen atoms in total. The molecule has 1 aromatic carbocycles. The second-order valence-electron chi connectivity index (χ2n) is 8.22. The highest BCUT2D eigenvalue weighted by atomic mass is 16.7. The molecule has 1 N–H and O–H groups in total. The number of nitrogens with one attached hydrogen (secondary N) is 1. The Morgan fingerprint density at radius 1 is 1.30 bits per heavy atom. The molecule has 1 atom stereocenters. The van der Waals surface area contributed by atoms with E-state index in [-0.39, 0.29) is 11.8 Å². The number of rotatable bonds is 5. The van der Waals surface area contributed by atoms with E-state index in [4.69, 9.17) is 4.84 Å². The molecule has 144 valence electrons. The maximum Gasteiger partial charge on any atom is 0.269 e. The predicted octanol–water partition coefficient (Wildman–Crippen LogP) is 2.55. The van der Waals surface area contributed by atoms with Crippen molar-refractivity contribution in [2.75, 3.05) is 13.1 Å². The van der Waals surface area contributed by atoms with Gasteiger partial charge in [0.15, 0.2) is 5.60 Å². The van der Waals surface area contributed by atoms with Crippen molar-refractivity contribution < 1.29 is 14.4 Å². The minimum absolute atomic E-state index is 0.186. The summed E-state index contributed by atoms with van der Waals surface area (Å²) in [5.41, 5.74) is 2.16. The molecule has 27 heavy (non-hydrogen) atoms. The fourth-order valence-electron chi connectivity index (χ4n) is 3.86. The molecule has 0 aromatic heterocycles. The van der Waals surface area contributed by atoms with Crippen molar-refractivity contribution >= 4 is 17.5 Å². The van der Waals surface area contributed by atoms with Crippen LogP contribution >= 0.6 is 0 Å². The fourth-order valence-corrected chi connectivity index (χ4v) is 3.86. The number of carbonyl (C=O) groups is 2. The van der Waals surface area contributed by atoms with E-state index in [1.807, 2.05) is 36.1 Å². The third-order valence-electron chi connectivity index (χ3n) is 5.73. The van der Waals surface area contributed by atoms with E-state index < -0.39 is 5.60 Å². The molecule has 1 aliphatic carbocycles. The molecule has 4 rings (SSSR count). The molecule has 1 spiro atoms. The first-order chi connectivity index (χ1) is 13.0. The maximum atomic E-state index is 12.5. The van der Waals surface area contributed by atoms with E-state index in [1.54, 1.807) is 0 Å². The summed E-state index contributed by atoms with van der Waals surface area (Å²) >= 11 is 0. The monoisotopic (exact) mass is 369 g/mol. The lowest BCUT2D eigenvalue weighted by molar-refractivity contribution is -0.141. The Bertz CT molecular complexity index is 754. The zero-order valence-electron chi connectivity index (χ0n) is 15.9. The lowest BCUT2D eigenvalue weighted by Crippen LogP contribution is -2.51. The van der Waals surface area contributed by atoms with Crippen LogP contribution in [0.4, 0.5) is 0 Å². The van der Waals surface area contributed by atoms with Crippen LogP contribution in [0.1, 0.15) is 49.7 Å². The Morgan fingerprint density at radius 3 is 2.81 bits per heavy atom. The van der Waals surface area contributed by atoms with Crippen molar-refractivity contribution in [1.82, 2.24) is 10.2 Å². The maximum absolute atomic E-state index is 12.5. The van der Waals surface area contributed by atoms with E-state index in [1.165, 1.54) is 18.4 Å². The zero-order chi connectivity index (χ0) is 18.9. The quantitative estimate of drug-likeness (QED) is 0.867. The van der Waals surface area contributed by atoms with Gasteiger partial charge in [0.2, 0.25) is 5.91 Å². The van der Waals surface area contributed by atoms with Crippen LogP contribution in [-0.4, -0.2) is 41.1 Å². The lowest BCUT2D eigenvalue weighted by Gasteiger charge is -2.38. The highest BCUT2D eigenvalue weighted by molar-refractivity contribution is 6.39. The minimum atomic E-state index is -0.520. The third kappa shape index (κ3) is 4.31. The number of hydrogen-bond acceptors (Lipinski definition) is 4. The SMILES string of the molecule is Cc1ccc(CNC(=O)C2=NOC3(CCCN(C(=O)CC4CC4)C3)C2)cc1. The Hall–Kier alpha value is -2.37. The summed E-state index contributed by atoms with van der Waals surface area (Å²) in [7, 11) is 0. The number of carbonyl (C=O) groups excluding carboxylic acids is 2. The first-order valence-corrected chi connectivity index (χ1v) is 9.90. The van der Waals surface area contributed by atoms with Crippen LogP contribution in [0.15, 0.2) is 29.4 Å². The molecule has 3 aliphatic rings. The van der Waals surface area contributed by atoms with E-state index in [2.05, 4.69) is 10.5 Å². The molecule has 2 aliphatic heterocycles. The molecule has 1 saturated heterocycles. The number of hydrogen-bond donors (Lipinski definition) is 1. The normalized spacial score (nSPS) is 24.5. The second kappa shape index (κ2) is 7.33. The van der Waals surface area contributed by atoms with Crippen molar-refractivity contribution in [2.24, 2.45) is 11.1 Å². The summed E-state index contributed by atoms with van der Waals surface area (Å²) in [4.78, 5) is 32.5. The van der Waals surface area contributed by atoms with Crippen LogP contribution < -0.4 is 5.32 Å². The van der Waals surface area contributed by atoms with Gasteiger partial charge < -0.3 is 15.1 Å². The third-order valence-corrected chi connectivity index (χ3v) is 5.73. The van der Waals surface area contributed by atoms with E-state index in [0.29, 0.717) is 37.6 Å². The molecule has 0 bridgehead atoms. The highest BCUT2D eigenvalue weighted by Crippen LogP contribution is 2.36. The molecule has 1 saturated carbocycles. The molecule has 6 heteroatoms. The van der Waals surface area contributed by atoms with Crippen LogP contribution in [0.3, 0.4) is 0 Å². The van der Waals surface area contributed by atoms with Crippen molar-refractivity contribution in [3.05, 3.63) is 35.4 Å². The standard InChI is InChI=1S/C21H27N3O3/c1-15-3-5-17(6-4-15)13-22-20(26)18-12-21(27-23-18)9-2-10-24(14-21)19(25)11-16-7-8-16/h3-6,16H,2,7-14H2,1H3,(H,22,26). The molecule has 2 fully saturated rings. The number of piperidine rings is 1. The van der Waals surface area contributed by atoms with Gasteiger partial charge in [0, 0.05) is 25.9 Å². The van der Waals surface area contributed by atoms with E-state index in [9.17, 15) is 9.59 Å². The first-order valence-electron chi connectivity index (χ1n) is 9.90. The minimum Gasteiger partial charge on any atom is -0.386 e. The summed E-state index contributed by atoms with van der Waals surface area (Å²) in [6.07, 6.45) is 5.20. The number of aryl methyl sites for hydroxylation is 1. The van der Waals surface area contributed by atoms with Crippen LogP contribution in [0, 0.1) is 12.8 Å². The largest absolute Gasteiger partial charge is 0.386 e. The summed E-state index contributed by atoms with van der Waals surface area (Å²) in [6.45, 7) is 3.83. The van der Waals surface area contributed by atoms with Crippen molar-refractivity contribution in [3.8, 4) is 0 Å². The summed E-state index contributed by atoms with van der Waals surface area (Å²) in [5, 5.41) is 6.99. The van der Waals surface area contributed by atoms with Gasteiger partial charge in [0.1, 0.15) is 5.71 Å². The van der Waals surface area contributed by atoms with Gasteiger partial charge in [0.25, 0.3) is 5.91 Å². The smallest absolute Gasteiger partial charge is 0.269 e. The molecule has 2 heterocycles. The first kappa shape index (κ1) is 18.0. The summed E-state index contributed by atoms with van der Waals surface area (Å²) in [5.74, 6) is 0.616. The van der Waals surface area contributed by atoms with Gasteiger partial charge >= 0.3 is 0 Å². The van der Waals surface area contributed by atoms with Gasteiger partial charge in [-0.3, -0.25) is 9.59 Å². The second-order valence-corrected chi connectivity index (χ2v) is 8.22. The highest BCUT2D eigenvalue weighted by Gasteiger charge is 2.45. The van der Waals surface area contributed by atoms with Gasteiger partial charge in [0.05, 0.1) is 6.54 Å². The Labute approximate surface area is 159 Å². The van der Waals surface area contributed by atoms with Crippen LogP contribution in [0.5, 0.6) is 0 Å². The van der Waals surface area contributed by atoms with E-state index in [0.717, 1.165) is 24.9 Å². The number of nitrogens with zero attached hydrogens (tertiary/aromatic N) is 2. The van der Waals surface area contributed by atoms with Crippen molar-refractivity contribution in [2.45, 2.75) is 57.6 Å². The zero-order valence-corrected chi connectivity index (χ0v) is 15.9. The van der Waals surface area contributed by atoms with Gasteiger partial charge in [-0.15, -0.1) is 0 Å². The van der Waals surface area contributed by atoms with Crippen LogP contribution in [-0.2, 0) is 21.0 Å². The van der Waals surface area contributed by atoms with Gasteiger partial charge in [-0.2, -0.15) is 0 Å². The average molecular weight is 369 g/mol. The fraction of sp³-hybridized carbons (Fsp3) is 0.571. The number of likely N-dealkylation sites (tertiary alicyclic amines) is 1. The molecule has 2 amide bonds. The van der Waals surface area contributed by atoms with Gasteiger partial charge in [-0.1, -0.05) is 35.0 Å². The average Bonchev–Trinajstić information content (AvgIpc) is 3.40. The van der Waals surface area contributed by atoms with Gasteiger partial charge in [-0.25, -0.2) is 0 Å². The molecular weight excluding hydrogens is 342 g/mol. The lowest BCUT2D eigenvalue weighted by atomic mass is 9.87. The topological polar surface area (TPSA) is 71.0 Å².